The molecule has 2 rings (SSSR count). The van der Waals surface area contributed by atoms with E-state index >= 15 is 0 Å². The lowest BCUT2D eigenvalue weighted by Gasteiger charge is -2.41. The Balaban J connectivity index is 2.69. The van der Waals surface area contributed by atoms with Gasteiger partial charge in [-0.1, -0.05) is 65.8 Å². The van der Waals surface area contributed by atoms with Gasteiger partial charge in [-0.05, 0) is 0 Å². The number of hydrogen-bond donors (Lipinski definition) is 1. The van der Waals surface area contributed by atoms with E-state index in [4.69, 9.17) is 5.21 Å². The maximum Gasteiger partial charge on any atom is 0.460 e. The van der Waals surface area contributed by atoms with E-state index in [1.165, 1.54) is 12.1 Å². The highest BCUT2D eigenvalue weighted by Gasteiger charge is 2.93. The van der Waals surface area contributed by atoms with Gasteiger partial charge < -0.3 is 9.77 Å². The molecular weight excluding hydrogens is 614 g/mol. The lowest BCUT2D eigenvalue weighted by molar-refractivity contribution is -0.448. The van der Waals surface area contributed by atoms with E-state index in [2.05, 4.69) is 0 Å². The third-order valence-corrected chi connectivity index (χ3v) is 8.54. The molecule has 0 fully saturated rings. The lowest BCUT2D eigenvalue weighted by atomic mass is 9.90. The number of benzene rings is 2. The van der Waals surface area contributed by atoms with Gasteiger partial charge in [0, 0.05) is 10.6 Å². The molecule has 0 amide bonds. The molecule has 2 aromatic carbocycles. The largest absolute Gasteiger partial charge is 0.460 e. The van der Waals surface area contributed by atoms with Crippen LogP contribution in [-0.2, 0) is 4.57 Å². The first kappa shape index (κ1) is 33.3. The predicted octanol–water partition coefficient (Wildman–Crippen LogP) is 7.20. The van der Waals surface area contributed by atoms with Crippen molar-refractivity contribution in [2.24, 2.45) is 5.16 Å². The van der Waals surface area contributed by atoms with Gasteiger partial charge in [-0.15, -0.1) is 0 Å². The van der Waals surface area contributed by atoms with Crippen LogP contribution >= 0.6 is 7.14 Å². The van der Waals surface area contributed by atoms with Crippen molar-refractivity contribution in [1.82, 2.24) is 0 Å². The van der Waals surface area contributed by atoms with Crippen molar-refractivity contribution in [3.63, 3.8) is 0 Å². The highest BCUT2D eigenvalue weighted by Crippen LogP contribution is 2.63. The van der Waals surface area contributed by atoms with Crippen LogP contribution in [0.3, 0.4) is 0 Å². The van der Waals surface area contributed by atoms with Crippen LogP contribution in [0.15, 0.2) is 65.8 Å². The zero-order chi connectivity index (χ0) is 31.2. The van der Waals surface area contributed by atoms with Crippen LogP contribution in [0.2, 0.25) is 0 Å². The van der Waals surface area contributed by atoms with Crippen LogP contribution in [0.5, 0.6) is 0 Å². The molecule has 0 heterocycles. The summed E-state index contributed by atoms with van der Waals surface area (Å²) in [6.45, 7) is 0. The van der Waals surface area contributed by atoms with Crippen molar-refractivity contribution < 1.29 is 75.6 Å². The lowest BCUT2D eigenvalue weighted by Crippen LogP contribution is -2.73. The van der Waals surface area contributed by atoms with Gasteiger partial charge in [-0.25, -0.2) is 0 Å². The summed E-state index contributed by atoms with van der Waals surface area (Å²) >= 11 is 0. The fraction of sp³-hybridized carbons (Fsp3) is 0.381. The molecule has 0 saturated heterocycles. The van der Waals surface area contributed by atoms with Crippen molar-refractivity contribution in [2.45, 2.75) is 41.7 Å². The average molecular weight is 627 g/mol. The molecule has 0 radical (unpaired) electrons. The zero-order valence-electron chi connectivity index (χ0n) is 18.9. The van der Waals surface area contributed by atoms with Crippen molar-refractivity contribution in [1.29, 1.82) is 0 Å². The molecule has 2 aromatic rings. The van der Waals surface area contributed by atoms with Crippen LogP contribution < -0.4 is 10.6 Å². The van der Waals surface area contributed by atoms with Gasteiger partial charge in [0.2, 0.25) is 0 Å². The van der Waals surface area contributed by atoms with E-state index in [1.807, 2.05) is 0 Å². The van der Waals surface area contributed by atoms with Crippen molar-refractivity contribution >= 4 is 23.5 Å². The molecule has 40 heavy (non-hydrogen) atoms. The second-order valence-electron chi connectivity index (χ2n) is 8.06. The Bertz CT molecular complexity index is 1220. The SMILES string of the molecule is O=P(C/C(=N\O)C(F)(F)C(F)(F)C(F)(F)C(F)(F)C(F)(F)C(F)(F)C(F)(F)F)(c1ccccc1)c1ccccc1. The number of oxime groups is 1. The monoisotopic (exact) mass is 627 g/mol. The Hall–Kier alpha value is -2.91. The Kier molecular flexibility index (Phi) is 8.47. The van der Waals surface area contributed by atoms with Gasteiger partial charge in [0.05, 0.1) is 6.16 Å². The molecule has 224 valence electrons. The first-order valence-electron chi connectivity index (χ1n) is 10.1. The van der Waals surface area contributed by atoms with Crippen molar-refractivity contribution in [3.05, 3.63) is 60.7 Å². The summed E-state index contributed by atoms with van der Waals surface area (Å²) in [7, 11) is -4.79. The van der Waals surface area contributed by atoms with Crippen LogP contribution in [0, 0.1) is 0 Å². The second-order valence-corrected chi connectivity index (χ2v) is 10.9. The Morgan fingerprint density at radius 2 is 0.900 bits per heavy atom. The Labute approximate surface area is 213 Å². The molecule has 0 aromatic heterocycles. The van der Waals surface area contributed by atoms with E-state index in [-0.39, 0.29) is 0 Å². The molecule has 0 bridgehead atoms. The minimum atomic E-state index is -8.50. The van der Waals surface area contributed by atoms with E-state index in [9.17, 15) is 70.4 Å². The number of alkyl halides is 15. The van der Waals surface area contributed by atoms with E-state index in [0.717, 1.165) is 48.5 Å². The molecule has 1 N–H and O–H groups in total. The van der Waals surface area contributed by atoms with Gasteiger partial charge in [0.1, 0.15) is 12.9 Å². The standard InChI is InChI=1S/C21H13F15NO2P/c22-15(23,16(24,25)17(26,27)18(28,29)19(30,31)20(32,33)21(34,35)36)14(37-38)11-40(39,12-7-3-1-4-8-12)13-9-5-2-6-10-13/h1-10,38H,11H2/b37-14+. The topological polar surface area (TPSA) is 49.7 Å². The number of halogens is 15. The highest BCUT2D eigenvalue weighted by molar-refractivity contribution is 7.79. The summed E-state index contributed by atoms with van der Waals surface area (Å²) in [6, 6.07) is 10.9. The highest BCUT2D eigenvalue weighted by atomic mass is 31.2. The molecule has 0 spiro atoms. The molecule has 3 nitrogen and oxygen atoms in total. The molecule has 0 aliphatic carbocycles. The summed E-state index contributed by atoms with van der Waals surface area (Å²) in [6.07, 6.45) is -9.87. The summed E-state index contributed by atoms with van der Waals surface area (Å²) in [5.74, 6) is -48.4. The van der Waals surface area contributed by atoms with Crippen LogP contribution in [-0.4, -0.2) is 58.8 Å². The minimum absolute atomic E-state index is 0.477. The van der Waals surface area contributed by atoms with Crippen molar-refractivity contribution in [3.8, 4) is 0 Å². The van der Waals surface area contributed by atoms with Gasteiger partial charge in [0.25, 0.3) is 0 Å². The second kappa shape index (κ2) is 10.2. The smallest absolute Gasteiger partial charge is 0.411 e. The van der Waals surface area contributed by atoms with Gasteiger partial charge in [0.15, 0.2) is 0 Å². The number of rotatable bonds is 10. The first-order valence-corrected chi connectivity index (χ1v) is 12.0. The Morgan fingerprint density at radius 1 is 0.575 bits per heavy atom. The fourth-order valence-electron chi connectivity index (χ4n) is 3.22. The molecule has 0 aliphatic rings. The summed E-state index contributed by atoms with van der Waals surface area (Å²) in [5.41, 5.74) is -2.98. The predicted molar refractivity (Wildman–Crippen MR) is 110 cm³/mol. The third-order valence-electron chi connectivity index (χ3n) is 5.53. The van der Waals surface area contributed by atoms with Gasteiger partial charge >= 0.3 is 41.7 Å². The zero-order valence-corrected chi connectivity index (χ0v) is 19.8. The number of nitrogens with zero attached hydrogens (tertiary/aromatic N) is 1. The molecule has 19 heteroatoms. The fourth-order valence-corrected chi connectivity index (χ4v) is 5.88. The summed E-state index contributed by atoms with van der Waals surface area (Å²) in [5, 5.41) is 9.63. The van der Waals surface area contributed by atoms with E-state index in [1.54, 1.807) is 5.16 Å². The molecular formula is C21H13F15NO2P. The summed E-state index contributed by atoms with van der Waals surface area (Å²) in [4.78, 5) is 0. The minimum Gasteiger partial charge on any atom is -0.411 e. The maximum absolute atomic E-state index is 14.7. The van der Waals surface area contributed by atoms with Gasteiger partial charge in [-0.3, -0.25) is 0 Å². The normalized spacial score (nSPS) is 15.3. The van der Waals surface area contributed by atoms with Crippen LogP contribution in [0.25, 0.3) is 0 Å². The molecule has 0 atom stereocenters. The first-order chi connectivity index (χ1) is 17.9. The number of hydrogen-bond acceptors (Lipinski definition) is 3. The quantitative estimate of drug-likeness (QED) is 0.0997. The van der Waals surface area contributed by atoms with E-state index in [0.29, 0.717) is 0 Å². The van der Waals surface area contributed by atoms with Crippen LogP contribution in [0.4, 0.5) is 65.9 Å². The van der Waals surface area contributed by atoms with E-state index < -0.39 is 71.3 Å². The van der Waals surface area contributed by atoms with Crippen LogP contribution in [0.1, 0.15) is 0 Å². The Morgan fingerprint density at radius 3 is 1.23 bits per heavy atom. The maximum atomic E-state index is 14.7. The third kappa shape index (κ3) is 4.81. The van der Waals surface area contributed by atoms with Gasteiger partial charge in [-0.2, -0.15) is 65.9 Å². The molecule has 0 unspecified atom stereocenters. The molecule has 0 aliphatic heterocycles. The molecule has 0 saturated carbocycles. The average Bonchev–Trinajstić information content (AvgIpc) is 2.86. The van der Waals surface area contributed by atoms with Crippen molar-refractivity contribution in [2.75, 3.05) is 6.16 Å². The summed E-state index contributed by atoms with van der Waals surface area (Å²) < 4.78 is 218.